The summed E-state index contributed by atoms with van der Waals surface area (Å²) in [5, 5.41) is 4.22. The number of alkyl halides is 3. The van der Waals surface area contributed by atoms with Crippen LogP contribution in [-0.2, 0) is 4.79 Å². The molecule has 0 bridgehead atoms. The molecule has 1 aliphatic carbocycles. The van der Waals surface area contributed by atoms with Gasteiger partial charge < -0.3 is 15.2 Å². The van der Waals surface area contributed by atoms with Gasteiger partial charge in [0.15, 0.2) is 12.8 Å². The highest BCUT2D eigenvalue weighted by molar-refractivity contribution is 5.87. The van der Waals surface area contributed by atoms with Crippen molar-refractivity contribution in [1.29, 1.82) is 0 Å². The van der Waals surface area contributed by atoms with Crippen molar-refractivity contribution in [2.75, 3.05) is 53.1 Å². The SMILES string of the molecule is C1CCC1.C=CC(=O)N1CC[N+]2(CC1)CN(C(=C)/C=C(\N=C(/C)C(F)F)N1CCC(C(CC)N/N=C\C)CC1)C2C.CC.CC.CCC.CF. The highest BCUT2D eigenvalue weighted by Gasteiger charge is 2.51. The van der Waals surface area contributed by atoms with Crippen LogP contribution in [0, 0.1) is 5.92 Å². The molecule has 1 spiro atoms. The molecular weight excluding hydrogens is 639 g/mol. The molecule has 2 atom stereocenters. The van der Waals surface area contributed by atoms with Gasteiger partial charge in [-0.2, -0.15) is 5.10 Å². The van der Waals surface area contributed by atoms with E-state index in [1.54, 1.807) is 6.21 Å². The van der Waals surface area contributed by atoms with Crippen molar-refractivity contribution in [3.63, 3.8) is 0 Å². The number of hydrogen-bond acceptors (Lipinski definition) is 6. The minimum Gasteiger partial charge on any atom is -0.357 e. The van der Waals surface area contributed by atoms with Gasteiger partial charge in [0.1, 0.15) is 5.82 Å². The third-order valence-corrected chi connectivity index (χ3v) is 9.31. The Labute approximate surface area is 305 Å². The maximum absolute atomic E-state index is 13.4. The number of carbonyl (C=O) groups excluding carboxylic acids is 1. The lowest BCUT2D eigenvalue weighted by Crippen LogP contribution is -2.78. The summed E-state index contributed by atoms with van der Waals surface area (Å²) in [6.45, 7) is 33.2. The number of halogens is 3. The largest absolute Gasteiger partial charge is 0.357 e. The summed E-state index contributed by atoms with van der Waals surface area (Å²) in [6.07, 6.45) is 12.7. The standard InChI is InChI=1S/C27H44F2N7O.C4H8.C3H8.2C2H6.CH3F/c1-7-24(32-30-9-3)23-10-12-33(13-11-23)25(31-21(5)27(28)29)18-20(4)35-19-36(22(35)6)16-14-34(15-17-36)26(37)8-2;1-2-4-3-1;1-3-2;3*1-2/h8-9,18,22-24,27,32H,2,4,7,10-17,19H2,1,3,5-6H3;1-4H2;3H2,1-2H3;2*1-2H3;1H3/q+1;;;;;/b25-18+,30-9-,31-21+;;;;;. The number of likely N-dealkylation sites (tertiary alicyclic amines) is 1. The summed E-state index contributed by atoms with van der Waals surface area (Å²) in [4.78, 5) is 22.5. The number of nitrogens with one attached hydrogen (secondary N) is 1. The predicted octanol–water partition coefficient (Wildman–Crippen LogP) is 9.23. The summed E-state index contributed by atoms with van der Waals surface area (Å²) in [5.41, 5.74) is 3.85. The van der Waals surface area contributed by atoms with Crippen LogP contribution in [0.3, 0.4) is 0 Å². The lowest BCUT2D eigenvalue weighted by atomic mass is 9.88. The smallest absolute Gasteiger partial charge is 0.276 e. The highest BCUT2D eigenvalue weighted by atomic mass is 19.3. The van der Waals surface area contributed by atoms with E-state index in [2.05, 4.69) is 66.2 Å². The van der Waals surface area contributed by atoms with Crippen molar-refractivity contribution in [3.8, 4) is 0 Å². The van der Waals surface area contributed by atoms with Gasteiger partial charge in [0, 0.05) is 44.0 Å². The Morgan fingerprint density at radius 2 is 1.46 bits per heavy atom. The minimum absolute atomic E-state index is 0.0185. The number of hydrogen-bond donors (Lipinski definition) is 1. The van der Waals surface area contributed by atoms with Gasteiger partial charge in [-0.05, 0) is 45.1 Å². The molecule has 292 valence electrons. The maximum Gasteiger partial charge on any atom is 0.276 e. The van der Waals surface area contributed by atoms with Crippen LogP contribution in [0.5, 0.6) is 0 Å². The highest BCUT2D eigenvalue weighted by Crippen LogP contribution is 2.35. The molecule has 11 heteroatoms. The third-order valence-electron chi connectivity index (χ3n) is 9.31. The lowest BCUT2D eigenvalue weighted by Gasteiger charge is -2.60. The third kappa shape index (κ3) is 16.0. The van der Waals surface area contributed by atoms with Gasteiger partial charge in [-0.15, -0.1) is 0 Å². The van der Waals surface area contributed by atoms with Crippen LogP contribution in [0.4, 0.5) is 13.2 Å². The molecular formula is C39H75F3N7O+. The molecule has 2 unspecified atom stereocenters. The molecule has 1 N–H and O–H groups in total. The molecule has 0 aromatic heterocycles. The minimum atomic E-state index is -2.60. The number of hydrazone groups is 1. The summed E-state index contributed by atoms with van der Waals surface area (Å²) in [6, 6.07) is 0.302. The van der Waals surface area contributed by atoms with Crippen molar-refractivity contribution in [3.05, 3.63) is 36.8 Å². The Kier molecular flexibility index (Phi) is 28.4. The van der Waals surface area contributed by atoms with Crippen LogP contribution in [0.1, 0.15) is 121 Å². The van der Waals surface area contributed by atoms with Crippen molar-refractivity contribution in [2.24, 2.45) is 16.0 Å². The first-order valence-electron chi connectivity index (χ1n) is 19.2. The summed E-state index contributed by atoms with van der Waals surface area (Å²) >= 11 is 0. The molecule has 1 saturated carbocycles. The number of rotatable bonds is 10. The van der Waals surface area contributed by atoms with Gasteiger partial charge in [0.2, 0.25) is 5.91 Å². The zero-order valence-electron chi connectivity index (χ0n) is 33.8. The fourth-order valence-electron chi connectivity index (χ4n) is 5.93. The fraction of sp³-hybridized carbons (Fsp3) is 0.769. The molecule has 4 aliphatic rings. The molecule has 4 fully saturated rings. The van der Waals surface area contributed by atoms with E-state index in [1.165, 1.54) is 45.1 Å². The average Bonchev–Trinajstić information content (AvgIpc) is 3.12. The van der Waals surface area contributed by atoms with E-state index >= 15 is 0 Å². The van der Waals surface area contributed by atoms with E-state index in [9.17, 15) is 18.0 Å². The van der Waals surface area contributed by atoms with Crippen molar-refractivity contribution in [2.45, 2.75) is 139 Å². The van der Waals surface area contributed by atoms with Crippen LogP contribution in [0.25, 0.3) is 0 Å². The fourth-order valence-corrected chi connectivity index (χ4v) is 5.93. The molecule has 3 saturated heterocycles. The molecule has 0 aromatic carbocycles. The van der Waals surface area contributed by atoms with E-state index in [0.717, 1.165) is 62.3 Å². The van der Waals surface area contributed by atoms with E-state index < -0.39 is 6.43 Å². The quantitative estimate of drug-likeness (QED) is 0.0806. The first kappa shape index (κ1) is 49.3. The van der Waals surface area contributed by atoms with Gasteiger partial charge in [0.05, 0.1) is 39.1 Å². The number of nitrogens with zero attached hydrogens (tertiary/aromatic N) is 6. The Hall–Kier alpha value is -2.82. The maximum atomic E-state index is 13.4. The average molecular weight is 715 g/mol. The number of piperazine rings is 1. The summed E-state index contributed by atoms with van der Waals surface area (Å²) in [7, 11) is 0.500. The van der Waals surface area contributed by atoms with Crippen LogP contribution >= 0.6 is 0 Å². The molecule has 0 radical (unpaired) electrons. The molecule has 4 rings (SSSR count). The van der Waals surface area contributed by atoms with E-state index in [-0.39, 0.29) is 17.8 Å². The number of aliphatic imine (C=N–C) groups is 1. The van der Waals surface area contributed by atoms with E-state index in [1.807, 2.05) is 45.6 Å². The molecule has 0 aromatic rings. The predicted molar refractivity (Wildman–Crippen MR) is 209 cm³/mol. The normalized spacial score (nSPS) is 20.4. The molecule has 1 amide bonds. The van der Waals surface area contributed by atoms with Crippen molar-refractivity contribution in [1.82, 2.24) is 20.1 Å². The Morgan fingerprint density at radius 3 is 1.84 bits per heavy atom. The van der Waals surface area contributed by atoms with Crippen LogP contribution < -0.4 is 5.43 Å². The number of quaternary nitrogens is 1. The van der Waals surface area contributed by atoms with Crippen molar-refractivity contribution < 1.29 is 22.4 Å². The molecule has 50 heavy (non-hydrogen) atoms. The topological polar surface area (TPSA) is 63.5 Å². The van der Waals surface area contributed by atoms with Gasteiger partial charge in [-0.1, -0.05) is 93.7 Å². The van der Waals surface area contributed by atoms with Gasteiger partial charge in [0.25, 0.3) is 6.43 Å². The van der Waals surface area contributed by atoms with Crippen LogP contribution in [0.2, 0.25) is 0 Å². The number of piperidine rings is 1. The first-order valence-corrected chi connectivity index (χ1v) is 19.2. The number of allylic oxidation sites excluding steroid dienone is 1. The number of amides is 1. The van der Waals surface area contributed by atoms with Gasteiger partial charge >= 0.3 is 0 Å². The second-order valence-corrected chi connectivity index (χ2v) is 12.5. The Balaban J connectivity index is 0. The number of carbonyl (C=O) groups is 1. The van der Waals surface area contributed by atoms with E-state index in [0.29, 0.717) is 38.0 Å². The monoisotopic (exact) mass is 715 g/mol. The Bertz CT molecular complexity index is 994. The van der Waals surface area contributed by atoms with Crippen LogP contribution in [-0.4, -0.2) is 109 Å². The van der Waals surface area contributed by atoms with E-state index in [4.69, 9.17) is 0 Å². The first-order chi connectivity index (χ1) is 24.1. The van der Waals surface area contributed by atoms with Gasteiger partial charge in [-0.3, -0.25) is 18.6 Å². The van der Waals surface area contributed by atoms with Crippen molar-refractivity contribution >= 4 is 17.8 Å². The Morgan fingerprint density at radius 1 is 0.960 bits per heavy atom. The lowest BCUT2D eigenvalue weighted by molar-refractivity contribution is -1.02. The van der Waals surface area contributed by atoms with Gasteiger partial charge in [-0.25, -0.2) is 13.8 Å². The summed E-state index contributed by atoms with van der Waals surface area (Å²) < 4.78 is 37.2. The molecule has 3 heterocycles. The molecule has 3 aliphatic heterocycles. The molecule has 8 nitrogen and oxygen atoms in total. The summed E-state index contributed by atoms with van der Waals surface area (Å²) in [5.74, 6) is 1.01. The zero-order chi connectivity index (χ0) is 38.7. The second-order valence-electron chi connectivity index (χ2n) is 12.5. The van der Waals surface area contributed by atoms with Crippen LogP contribution in [0.15, 0.2) is 46.9 Å². The second kappa shape index (κ2) is 28.8. The zero-order valence-corrected chi connectivity index (χ0v) is 33.8.